The van der Waals surface area contributed by atoms with Crippen molar-refractivity contribution in [3.8, 4) is 0 Å². The minimum atomic E-state index is -1.74. The molecule has 0 heterocycles. The van der Waals surface area contributed by atoms with Crippen LogP contribution in [0.4, 0.5) is 5.69 Å². The van der Waals surface area contributed by atoms with Gasteiger partial charge in [-0.2, -0.15) is 0 Å². The lowest BCUT2D eigenvalue weighted by atomic mass is 10.1. The standard InChI is InChI=1S/C13H15Cl5N2O/c1-7(2)5-11(21)20-12(13(16,17)18)19-10-4-3-8(14)6-9(10)15/h3-4,6-7,12,19H,5H2,1-2H3,(H,20,21)/t12-/m1/s1. The number of nitrogens with one attached hydrogen (secondary N) is 2. The van der Waals surface area contributed by atoms with Crippen molar-refractivity contribution in [2.75, 3.05) is 5.32 Å². The number of carbonyl (C=O) groups excluding carboxylic acids is 1. The second kappa shape index (κ2) is 7.98. The van der Waals surface area contributed by atoms with Gasteiger partial charge in [0.05, 0.1) is 10.7 Å². The molecule has 8 heteroatoms. The largest absolute Gasteiger partial charge is 0.361 e. The third-order valence-electron chi connectivity index (χ3n) is 2.46. The van der Waals surface area contributed by atoms with Gasteiger partial charge in [-0.25, -0.2) is 0 Å². The number of carbonyl (C=O) groups is 1. The second-order valence-electron chi connectivity index (χ2n) is 4.91. The quantitative estimate of drug-likeness (QED) is 0.530. The summed E-state index contributed by atoms with van der Waals surface area (Å²) < 4.78 is -1.74. The van der Waals surface area contributed by atoms with E-state index < -0.39 is 9.96 Å². The Kier molecular flexibility index (Phi) is 7.21. The highest BCUT2D eigenvalue weighted by molar-refractivity contribution is 6.68. The third kappa shape index (κ3) is 6.70. The number of rotatable bonds is 5. The molecule has 1 amide bonds. The predicted molar refractivity (Wildman–Crippen MR) is 91.8 cm³/mol. The number of hydrogen-bond acceptors (Lipinski definition) is 2. The number of anilines is 1. The molecule has 1 aromatic carbocycles. The van der Waals surface area contributed by atoms with Gasteiger partial charge in [0.1, 0.15) is 6.17 Å². The maximum absolute atomic E-state index is 11.9. The summed E-state index contributed by atoms with van der Waals surface area (Å²) >= 11 is 29.6. The van der Waals surface area contributed by atoms with E-state index in [0.29, 0.717) is 22.2 Å². The SMILES string of the molecule is CC(C)CC(=O)N[C@@H](Nc1ccc(Cl)cc1Cl)C(Cl)(Cl)Cl. The van der Waals surface area contributed by atoms with Gasteiger partial charge in [-0.3, -0.25) is 4.79 Å². The first-order valence-electron chi connectivity index (χ1n) is 6.17. The Morgan fingerprint density at radius 1 is 1.24 bits per heavy atom. The maximum atomic E-state index is 11.9. The fraction of sp³-hybridized carbons (Fsp3) is 0.462. The fourth-order valence-corrected chi connectivity index (χ4v) is 2.34. The second-order valence-corrected chi connectivity index (χ2v) is 8.12. The van der Waals surface area contributed by atoms with Crippen LogP contribution in [0.25, 0.3) is 0 Å². The smallest absolute Gasteiger partial charge is 0.228 e. The molecule has 0 saturated carbocycles. The van der Waals surface area contributed by atoms with E-state index in [-0.39, 0.29) is 11.8 Å². The third-order valence-corrected chi connectivity index (χ3v) is 3.66. The van der Waals surface area contributed by atoms with E-state index in [4.69, 9.17) is 58.0 Å². The number of alkyl halides is 3. The molecule has 0 aliphatic heterocycles. The van der Waals surface area contributed by atoms with E-state index >= 15 is 0 Å². The van der Waals surface area contributed by atoms with Crippen LogP contribution in [0.2, 0.25) is 10.0 Å². The molecule has 0 aromatic heterocycles. The van der Waals surface area contributed by atoms with Crippen molar-refractivity contribution in [3.63, 3.8) is 0 Å². The van der Waals surface area contributed by atoms with Crippen LogP contribution >= 0.6 is 58.0 Å². The maximum Gasteiger partial charge on any atom is 0.228 e. The van der Waals surface area contributed by atoms with Crippen LogP contribution in [0.15, 0.2) is 18.2 Å². The summed E-state index contributed by atoms with van der Waals surface area (Å²) in [5.41, 5.74) is 0.502. The Morgan fingerprint density at radius 2 is 1.86 bits per heavy atom. The molecule has 1 rings (SSSR count). The van der Waals surface area contributed by atoms with Gasteiger partial charge in [0.2, 0.25) is 9.70 Å². The number of benzene rings is 1. The Balaban J connectivity index is 2.86. The van der Waals surface area contributed by atoms with E-state index in [1.807, 2.05) is 13.8 Å². The number of halogens is 5. The molecule has 21 heavy (non-hydrogen) atoms. The van der Waals surface area contributed by atoms with E-state index in [1.165, 1.54) is 0 Å². The van der Waals surface area contributed by atoms with E-state index in [9.17, 15) is 4.79 Å². The van der Waals surface area contributed by atoms with Gasteiger partial charge in [-0.05, 0) is 24.1 Å². The van der Waals surface area contributed by atoms with E-state index in [1.54, 1.807) is 18.2 Å². The van der Waals surface area contributed by atoms with Gasteiger partial charge < -0.3 is 10.6 Å². The lowest BCUT2D eigenvalue weighted by Gasteiger charge is -2.28. The van der Waals surface area contributed by atoms with Crippen molar-refractivity contribution < 1.29 is 4.79 Å². The summed E-state index contributed by atoms with van der Waals surface area (Å²) in [4.78, 5) is 11.9. The highest BCUT2D eigenvalue weighted by atomic mass is 35.6. The molecule has 0 bridgehead atoms. The molecule has 1 atom stereocenters. The zero-order valence-corrected chi connectivity index (χ0v) is 15.2. The zero-order valence-electron chi connectivity index (χ0n) is 11.4. The Labute approximate surface area is 149 Å². The van der Waals surface area contributed by atoms with Crippen LogP contribution in [0.5, 0.6) is 0 Å². The van der Waals surface area contributed by atoms with E-state index in [2.05, 4.69) is 10.6 Å². The lowest BCUT2D eigenvalue weighted by molar-refractivity contribution is -0.122. The Hall–Kier alpha value is -0.0600. The highest BCUT2D eigenvalue weighted by Gasteiger charge is 2.34. The summed E-state index contributed by atoms with van der Waals surface area (Å²) in [6.45, 7) is 3.85. The van der Waals surface area contributed by atoms with Crippen molar-refractivity contribution in [1.82, 2.24) is 5.32 Å². The molecule has 0 aliphatic rings. The molecule has 118 valence electrons. The molecule has 0 unspecified atom stereocenters. The minimum Gasteiger partial charge on any atom is -0.361 e. The predicted octanol–water partition coefficient (Wildman–Crippen LogP) is 5.26. The highest BCUT2D eigenvalue weighted by Crippen LogP contribution is 2.33. The summed E-state index contributed by atoms with van der Waals surface area (Å²) in [5, 5.41) is 6.39. The van der Waals surface area contributed by atoms with Crippen LogP contribution in [-0.2, 0) is 4.79 Å². The van der Waals surface area contributed by atoms with Crippen molar-refractivity contribution >= 4 is 69.6 Å². The summed E-state index contributed by atoms with van der Waals surface area (Å²) in [7, 11) is 0. The van der Waals surface area contributed by atoms with Crippen molar-refractivity contribution in [2.45, 2.75) is 30.2 Å². The van der Waals surface area contributed by atoms with E-state index in [0.717, 1.165) is 0 Å². The van der Waals surface area contributed by atoms with Crippen molar-refractivity contribution in [1.29, 1.82) is 0 Å². The first-order chi connectivity index (χ1) is 9.59. The summed E-state index contributed by atoms with van der Waals surface area (Å²) in [5.74, 6) is -0.0287. The van der Waals surface area contributed by atoms with Crippen LogP contribution in [0.1, 0.15) is 20.3 Å². The molecule has 2 N–H and O–H groups in total. The topological polar surface area (TPSA) is 41.1 Å². The van der Waals surface area contributed by atoms with Gasteiger partial charge in [-0.15, -0.1) is 0 Å². The normalized spacial score (nSPS) is 13.1. The molecule has 0 radical (unpaired) electrons. The molecule has 0 spiro atoms. The average molecular weight is 393 g/mol. The Bertz CT molecular complexity index is 502. The molecule has 1 aromatic rings. The van der Waals surface area contributed by atoms with Crippen LogP contribution in [0.3, 0.4) is 0 Å². The molecule has 0 fully saturated rings. The first kappa shape index (κ1) is 19.0. The number of amides is 1. The number of hydrogen-bond donors (Lipinski definition) is 2. The fourth-order valence-electron chi connectivity index (χ4n) is 1.55. The summed E-state index contributed by atoms with van der Waals surface area (Å²) in [6.07, 6.45) is -0.597. The minimum absolute atomic E-state index is 0.195. The van der Waals surface area contributed by atoms with Crippen LogP contribution in [-0.4, -0.2) is 15.9 Å². The molecular weight excluding hydrogens is 377 g/mol. The lowest BCUT2D eigenvalue weighted by Crippen LogP contribution is -2.49. The molecule has 0 aliphatic carbocycles. The average Bonchev–Trinajstić information content (AvgIpc) is 2.29. The summed E-state index contributed by atoms with van der Waals surface area (Å²) in [6, 6.07) is 4.83. The molecule has 0 saturated heterocycles. The zero-order chi connectivity index (χ0) is 16.2. The Morgan fingerprint density at radius 3 is 2.33 bits per heavy atom. The van der Waals surface area contributed by atoms with Gasteiger partial charge in [-0.1, -0.05) is 71.9 Å². The van der Waals surface area contributed by atoms with Crippen molar-refractivity contribution in [2.24, 2.45) is 5.92 Å². The molecular formula is C13H15Cl5N2O. The monoisotopic (exact) mass is 390 g/mol. The van der Waals surface area contributed by atoms with Gasteiger partial charge in [0.15, 0.2) is 0 Å². The van der Waals surface area contributed by atoms with Gasteiger partial charge in [0.25, 0.3) is 0 Å². The van der Waals surface area contributed by atoms with Gasteiger partial charge >= 0.3 is 0 Å². The van der Waals surface area contributed by atoms with Gasteiger partial charge in [0, 0.05) is 11.4 Å². The first-order valence-corrected chi connectivity index (χ1v) is 8.06. The van der Waals surface area contributed by atoms with Crippen LogP contribution in [0, 0.1) is 5.92 Å². The van der Waals surface area contributed by atoms with Crippen LogP contribution < -0.4 is 10.6 Å². The molecule has 3 nitrogen and oxygen atoms in total. The van der Waals surface area contributed by atoms with Crippen molar-refractivity contribution in [3.05, 3.63) is 28.2 Å².